The molecule has 0 unspecified atom stereocenters. The molecule has 1 saturated heterocycles. The van der Waals surface area contributed by atoms with Crippen LogP contribution in [-0.4, -0.2) is 32.2 Å². The number of hydrogen-bond donors (Lipinski definition) is 1. The molecule has 1 rings (SSSR count). The third kappa shape index (κ3) is 5.00. The second-order valence-corrected chi connectivity index (χ2v) is 3.84. The molecule has 0 spiro atoms. The highest BCUT2D eigenvalue weighted by molar-refractivity contribution is 5.78. The molecule has 0 atom stereocenters. The Balaban J connectivity index is 2.03. The summed E-state index contributed by atoms with van der Waals surface area (Å²) in [5.74, 6) is 0.248. The summed E-state index contributed by atoms with van der Waals surface area (Å²) < 4.78 is 5.19. The van der Waals surface area contributed by atoms with Gasteiger partial charge in [0.05, 0.1) is 0 Å². The Morgan fingerprint density at radius 1 is 1.44 bits per heavy atom. The van der Waals surface area contributed by atoms with E-state index in [2.05, 4.69) is 15.3 Å². The molecule has 1 fully saturated rings. The first-order valence-electron chi connectivity index (χ1n) is 5.71. The Morgan fingerprint density at radius 3 is 2.88 bits per heavy atom. The number of carbonyl (C=O) groups is 1. The summed E-state index contributed by atoms with van der Waals surface area (Å²) in [7, 11) is 0. The van der Waals surface area contributed by atoms with Gasteiger partial charge >= 0.3 is 0 Å². The zero-order chi connectivity index (χ0) is 11.6. The zero-order valence-electron chi connectivity index (χ0n) is 9.39. The van der Waals surface area contributed by atoms with Crippen LogP contribution in [0.25, 0.3) is 10.4 Å². The van der Waals surface area contributed by atoms with Gasteiger partial charge in [0.2, 0.25) is 5.91 Å². The lowest BCUT2D eigenvalue weighted by Gasteiger charge is -2.21. The maximum atomic E-state index is 11.6. The Labute approximate surface area is 95.0 Å². The van der Waals surface area contributed by atoms with E-state index in [1.807, 2.05) is 0 Å². The molecule has 6 nitrogen and oxygen atoms in total. The maximum absolute atomic E-state index is 11.6. The average molecular weight is 226 g/mol. The smallest absolute Gasteiger partial charge is 0.223 e. The Bertz CT molecular complexity index is 258. The molecular formula is C10H18N4O2. The van der Waals surface area contributed by atoms with Gasteiger partial charge in [-0.1, -0.05) is 5.11 Å². The molecule has 0 aromatic carbocycles. The third-order valence-corrected chi connectivity index (χ3v) is 2.64. The quantitative estimate of drug-likeness (QED) is 0.323. The summed E-state index contributed by atoms with van der Waals surface area (Å²) in [6, 6.07) is 0. The van der Waals surface area contributed by atoms with Gasteiger partial charge in [-0.2, -0.15) is 0 Å². The molecule has 0 bridgehead atoms. The zero-order valence-corrected chi connectivity index (χ0v) is 9.39. The Hall–Kier alpha value is -1.26. The first-order valence-corrected chi connectivity index (χ1v) is 5.71. The number of unbranched alkanes of at least 4 members (excludes halogenated alkanes) is 1. The fraction of sp³-hybridized carbons (Fsp3) is 0.900. The van der Waals surface area contributed by atoms with E-state index in [1.165, 1.54) is 0 Å². The van der Waals surface area contributed by atoms with Gasteiger partial charge in [-0.15, -0.1) is 0 Å². The standard InChI is InChI=1S/C10H18N4O2/c11-14-13-6-2-1-5-12-10(15)9-3-7-16-8-4-9/h9H,1-8H2,(H,12,15). The lowest BCUT2D eigenvalue weighted by atomic mass is 9.99. The van der Waals surface area contributed by atoms with Crippen LogP contribution in [0.15, 0.2) is 5.11 Å². The Kier molecular flexibility index (Phi) is 6.37. The first kappa shape index (κ1) is 12.8. The highest BCUT2D eigenvalue weighted by Gasteiger charge is 2.20. The summed E-state index contributed by atoms with van der Waals surface area (Å²) in [5, 5.41) is 6.33. The topological polar surface area (TPSA) is 87.1 Å². The van der Waals surface area contributed by atoms with Crippen molar-refractivity contribution in [1.82, 2.24) is 5.32 Å². The van der Waals surface area contributed by atoms with E-state index in [1.54, 1.807) is 0 Å². The number of carbonyl (C=O) groups excluding carboxylic acids is 1. The second-order valence-electron chi connectivity index (χ2n) is 3.84. The molecule has 1 aliphatic heterocycles. The summed E-state index contributed by atoms with van der Waals surface area (Å²) in [5.41, 5.74) is 8.06. The normalized spacial score (nSPS) is 16.5. The molecule has 0 aromatic rings. The summed E-state index contributed by atoms with van der Waals surface area (Å²) >= 11 is 0. The van der Waals surface area contributed by atoms with Gasteiger partial charge in [-0.3, -0.25) is 4.79 Å². The van der Waals surface area contributed by atoms with Gasteiger partial charge in [-0.05, 0) is 31.2 Å². The van der Waals surface area contributed by atoms with E-state index in [0.29, 0.717) is 26.3 Å². The summed E-state index contributed by atoms with van der Waals surface area (Å²) in [6.45, 7) is 2.55. The fourth-order valence-electron chi connectivity index (χ4n) is 1.67. The van der Waals surface area contributed by atoms with Crippen LogP contribution in [0.4, 0.5) is 0 Å². The van der Waals surface area contributed by atoms with E-state index < -0.39 is 0 Å². The van der Waals surface area contributed by atoms with Crippen molar-refractivity contribution in [2.24, 2.45) is 11.0 Å². The van der Waals surface area contributed by atoms with Gasteiger partial charge in [0.25, 0.3) is 0 Å². The third-order valence-electron chi connectivity index (χ3n) is 2.64. The number of amides is 1. The van der Waals surface area contributed by atoms with Crippen molar-refractivity contribution in [3.8, 4) is 0 Å². The second kappa shape index (κ2) is 7.96. The molecule has 0 saturated carbocycles. The van der Waals surface area contributed by atoms with Crippen LogP contribution in [0.1, 0.15) is 25.7 Å². The van der Waals surface area contributed by atoms with Crippen molar-refractivity contribution in [2.45, 2.75) is 25.7 Å². The van der Waals surface area contributed by atoms with Crippen molar-refractivity contribution in [3.05, 3.63) is 10.4 Å². The molecule has 90 valence electrons. The minimum absolute atomic E-state index is 0.117. The fourth-order valence-corrected chi connectivity index (χ4v) is 1.67. The van der Waals surface area contributed by atoms with Crippen molar-refractivity contribution in [1.29, 1.82) is 0 Å². The molecule has 1 aliphatic rings. The van der Waals surface area contributed by atoms with E-state index in [9.17, 15) is 4.79 Å². The molecule has 16 heavy (non-hydrogen) atoms. The van der Waals surface area contributed by atoms with E-state index in [0.717, 1.165) is 25.7 Å². The van der Waals surface area contributed by atoms with E-state index in [-0.39, 0.29) is 11.8 Å². The summed E-state index contributed by atoms with van der Waals surface area (Å²) in [6.07, 6.45) is 3.32. The average Bonchev–Trinajstić information content (AvgIpc) is 2.34. The van der Waals surface area contributed by atoms with Crippen LogP contribution in [0, 0.1) is 5.92 Å². The van der Waals surface area contributed by atoms with Crippen molar-refractivity contribution >= 4 is 5.91 Å². The largest absolute Gasteiger partial charge is 0.381 e. The molecule has 1 heterocycles. The van der Waals surface area contributed by atoms with Crippen molar-refractivity contribution in [2.75, 3.05) is 26.3 Å². The predicted molar refractivity (Wildman–Crippen MR) is 59.8 cm³/mol. The number of ether oxygens (including phenoxy) is 1. The number of azide groups is 1. The molecule has 0 radical (unpaired) electrons. The summed E-state index contributed by atoms with van der Waals surface area (Å²) in [4.78, 5) is 14.3. The SMILES string of the molecule is [N-]=[N+]=NCCCCNC(=O)C1CCOCC1. The minimum atomic E-state index is 0.117. The van der Waals surface area contributed by atoms with Crippen LogP contribution in [0.2, 0.25) is 0 Å². The molecule has 1 N–H and O–H groups in total. The van der Waals surface area contributed by atoms with Gasteiger partial charge in [0, 0.05) is 37.1 Å². The molecular weight excluding hydrogens is 208 g/mol. The first-order chi connectivity index (χ1) is 7.84. The van der Waals surface area contributed by atoms with Crippen molar-refractivity contribution < 1.29 is 9.53 Å². The molecule has 1 amide bonds. The number of nitrogens with zero attached hydrogens (tertiary/aromatic N) is 3. The number of nitrogens with one attached hydrogen (secondary N) is 1. The number of rotatable bonds is 6. The maximum Gasteiger partial charge on any atom is 0.223 e. The van der Waals surface area contributed by atoms with Crippen molar-refractivity contribution in [3.63, 3.8) is 0 Å². The van der Waals surface area contributed by atoms with Gasteiger partial charge in [-0.25, -0.2) is 0 Å². The highest BCUT2D eigenvalue weighted by Crippen LogP contribution is 2.14. The lowest BCUT2D eigenvalue weighted by molar-refractivity contribution is -0.127. The predicted octanol–water partition coefficient (Wildman–Crippen LogP) is 1.62. The molecule has 6 heteroatoms. The Morgan fingerprint density at radius 2 is 2.19 bits per heavy atom. The lowest BCUT2D eigenvalue weighted by Crippen LogP contribution is -2.34. The van der Waals surface area contributed by atoms with E-state index >= 15 is 0 Å². The molecule has 0 aromatic heterocycles. The monoisotopic (exact) mass is 226 g/mol. The van der Waals surface area contributed by atoms with Crippen LogP contribution in [-0.2, 0) is 9.53 Å². The minimum Gasteiger partial charge on any atom is -0.381 e. The van der Waals surface area contributed by atoms with Crippen LogP contribution in [0.5, 0.6) is 0 Å². The van der Waals surface area contributed by atoms with E-state index in [4.69, 9.17) is 10.3 Å². The van der Waals surface area contributed by atoms with Crippen LogP contribution >= 0.6 is 0 Å². The van der Waals surface area contributed by atoms with Crippen LogP contribution < -0.4 is 5.32 Å². The van der Waals surface area contributed by atoms with Crippen LogP contribution in [0.3, 0.4) is 0 Å². The van der Waals surface area contributed by atoms with Gasteiger partial charge in [0.15, 0.2) is 0 Å². The molecule has 0 aliphatic carbocycles. The van der Waals surface area contributed by atoms with Gasteiger partial charge in [0.1, 0.15) is 0 Å². The number of hydrogen-bond acceptors (Lipinski definition) is 3. The van der Waals surface area contributed by atoms with Gasteiger partial charge < -0.3 is 10.1 Å². The highest BCUT2D eigenvalue weighted by atomic mass is 16.5.